The molecule has 3 amide bonds. The minimum atomic E-state index is -0.652. The van der Waals surface area contributed by atoms with Crippen molar-refractivity contribution in [3.63, 3.8) is 0 Å². The molecule has 1 N–H and O–H groups in total. The topological polar surface area (TPSA) is 91.7 Å². The van der Waals surface area contributed by atoms with Crippen LogP contribution in [0.15, 0.2) is 78.2 Å². The number of imide groups is 1. The van der Waals surface area contributed by atoms with Gasteiger partial charge in [-0.2, -0.15) is 10.1 Å². The number of benzene rings is 2. The molecule has 0 aliphatic rings. The van der Waals surface area contributed by atoms with Crippen molar-refractivity contribution < 1.29 is 14.4 Å². The van der Waals surface area contributed by atoms with Crippen LogP contribution >= 0.6 is 0 Å². The predicted molar refractivity (Wildman–Crippen MR) is 114 cm³/mol. The Morgan fingerprint density at radius 3 is 2.33 bits per heavy atom. The molecule has 1 heterocycles. The number of anilines is 1. The van der Waals surface area contributed by atoms with Crippen molar-refractivity contribution in [3.8, 4) is 0 Å². The number of hydrazone groups is 1. The minimum Gasteiger partial charge on any atom is -0.321 e. The number of hydrogen-bond donors (Lipinski definition) is 1. The Hall–Kier alpha value is -4.13. The summed E-state index contributed by atoms with van der Waals surface area (Å²) in [6.45, 7) is 3.52. The van der Waals surface area contributed by atoms with Crippen molar-refractivity contribution in [2.75, 3.05) is 5.32 Å². The van der Waals surface area contributed by atoms with Gasteiger partial charge < -0.3 is 5.32 Å². The molecule has 0 aliphatic carbocycles. The molecule has 150 valence electrons. The lowest BCUT2D eigenvalue weighted by Crippen LogP contribution is -2.33. The number of carbonyl (C=O) groups is 3. The Morgan fingerprint density at radius 1 is 0.933 bits per heavy atom. The van der Waals surface area contributed by atoms with Crippen molar-refractivity contribution in [1.82, 2.24) is 9.99 Å². The molecule has 0 spiro atoms. The van der Waals surface area contributed by atoms with E-state index < -0.39 is 17.7 Å². The fraction of sp³-hybridized carbons (Fsp3) is 0.0870. The second-order valence-corrected chi connectivity index (χ2v) is 6.40. The number of aryl methyl sites for hydroxylation is 1. The third kappa shape index (κ3) is 4.64. The summed E-state index contributed by atoms with van der Waals surface area (Å²) in [6.07, 6.45) is 4.35. The summed E-state index contributed by atoms with van der Waals surface area (Å²) in [5, 5.41) is 7.46. The number of hydrogen-bond acceptors (Lipinski definition) is 5. The van der Waals surface area contributed by atoms with Gasteiger partial charge in [-0.3, -0.25) is 19.4 Å². The van der Waals surface area contributed by atoms with Crippen LogP contribution in [0.5, 0.6) is 0 Å². The summed E-state index contributed by atoms with van der Waals surface area (Å²) >= 11 is 0. The zero-order chi connectivity index (χ0) is 21.5. The maximum atomic E-state index is 13.2. The SMILES string of the molecule is CC=NN(C(=O)c1ccc(C)cc1)C(=O)c1ccccc1NC(=O)c1cccnc1. The number of pyridine rings is 1. The van der Waals surface area contributed by atoms with Crippen molar-refractivity contribution in [1.29, 1.82) is 0 Å². The van der Waals surface area contributed by atoms with Gasteiger partial charge in [-0.15, -0.1) is 0 Å². The van der Waals surface area contributed by atoms with Gasteiger partial charge >= 0.3 is 0 Å². The Balaban J connectivity index is 1.91. The predicted octanol–water partition coefficient (Wildman–Crippen LogP) is 3.93. The number of para-hydroxylation sites is 1. The number of nitrogens with one attached hydrogen (secondary N) is 1. The molecular weight excluding hydrogens is 380 g/mol. The van der Waals surface area contributed by atoms with Crippen LogP contribution in [0.4, 0.5) is 5.69 Å². The summed E-state index contributed by atoms with van der Waals surface area (Å²) in [4.78, 5) is 42.5. The van der Waals surface area contributed by atoms with Crippen LogP contribution in [0.25, 0.3) is 0 Å². The van der Waals surface area contributed by atoms with E-state index in [2.05, 4.69) is 15.4 Å². The lowest BCUT2D eigenvalue weighted by atomic mass is 10.1. The molecule has 1 aromatic heterocycles. The van der Waals surface area contributed by atoms with Gasteiger partial charge in [0.25, 0.3) is 17.7 Å². The van der Waals surface area contributed by atoms with Gasteiger partial charge in [0.1, 0.15) is 0 Å². The zero-order valence-corrected chi connectivity index (χ0v) is 16.6. The molecule has 0 atom stereocenters. The smallest absolute Gasteiger partial charge is 0.283 e. The summed E-state index contributed by atoms with van der Waals surface area (Å²) in [5.74, 6) is -1.63. The Morgan fingerprint density at radius 2 is 1.67 bits per heavy atom. The lowest BCUT2D eigenvalue weighted by molar-refractivity contribution is 0.0622. The molecule has 0 saturated carbocycles. The van der Waals surface area contributed by atoms with Gasteiger partial charge in [0, 0.05) is 24.2 Å². The lowest BCUT2D eigenvalue weighted by Gasteiger charge is -2.17. The van der Waals surface area contributed by atoms with Crippen LogP contribution in [0, 0.1) is 6.92 Å². The van der Waals surface area contributed by atoms with Gasteiger partial charge in [0.15, 0.2) is 0 Å². The van der Waals surface area contributed by atoms with E-state index >= 15 is 0 Å². The van der Waals surface area contributed by atoms with Crippen molar-refractivity contribution in [3.05, 3.63) is 95.3 Å². The first-order valence-electron chi connectivity index (χ1n) is 9.25. The highest BCUT2D eigenvalue weighted by atomic mass is 16.2. The van der Waals surface area contributed by atoms with Crippen LogP contribution < -0.4 is 5.32 Å². The summed E-state index contributed by atoms with van der Waals surface area (Å²) in [7, 11) is 0. The second-order valence-electron chi connectivity index (χ2n) is 6.40. The van der Waals surface area contributed by atoms with Crippen molar-refractivity contribution >= 4 is 29.6 Å². The van der Waals surface area contributed by atoms with Gasteiger partial charge in [0.05, 0.1) is 16.8 Å². The fourth-order valence-corrected chi connectivity index (χ4v) is 2.72. The number of aromatic nitrogens is 1. The third-order valence-corrected chi connectivity index (χ3v) is 4.24. The van der Waals surface area contributed by atoms with Crippen LogP contribution in [0.2, 0.25) is 0 Å². The first kappa shape index (κ1) is 20.6. The molecular formula is C23H20N4O3. The monoisotopic (exact) mass is 400 g/mol. The summed E-state index contributed by atoms with van der Waals surface area (Å²) in [5.41, 5.74) is 2.08. The highest BCUT2D eigenvalue weighted by Crippen LogP contribution is 2.20. The molecule has 2 aromatic carbocycles. The number of carbonyl (C=O) groups excluding carboxylic acids is 3. The first-order chi connectivity index (χ1) is 14.5. The molecule has 0 saturated heterocycles. The normalized spacial score (nSPS) is 10.6. The second kappa shape index (κ2) is 9.38. The average Bonchev–Trinajstić information content (AvgIpc) is 2.78. The molecule has 3 rings (SSSR count). The van der Waals surface area contributed by atoms with Crippen molar-refractivity contribution in [2.45, 2.75) is 13.8 Å². The Bertz CT molecular complexity index is 1090. The van der Waals surface area contributed by atoms with E-state index in [1.54, 1.807) is 67.7 Å². The molecule has 7 nitrogen and oxygen atoms in total. The summed E-state index contributed by atoms with van der Waals surface area (Å²) < 4.78 is 0. The molecule has 0 radical (unpaired) electrons. The molecule has 0 unspecified atom stereocenters. The van der Waals surface area contributed by atoms with E-state index in [4.69, 9.17) is 0 Å². The Kier molecular flexibility index (Phi) is 6.44. The molecule has 30 heavy (non-hydrogen) atoms. The van der Waals surface area contributed by atoms with Crippen LogP contribution in [0.3, 0.4) is 0 Å². The standard InChI is InChI=1S/C23H20N4O3/c1-3-25-27(22(29)17-12-10-16(2)11-13-17)23(30)19-8-4-5-9-20(19)26-21(28)18-7-6-14-24-15-18/h3-15H,1-2H3,(H,26,28). The van der Waals surface area contributed by atoms with E-state index in [1.807, 2.05) is 6.92 Å². The maximum Gasteiger partial charge on any atom is 0.283 e. The molecule has 0 fully saturated rings. The Labute approximate surface area is 174 Å². The maximum absolute atomic E-state index is 13.2. The van der Waals surface area contributed by atoms with Gasteiger partial charge in [0.2, 0.25) is 0 Å². The third-order valence-electron chi connectivity index (χ3n) is 4.24. The van der Waals surface area contributed by atoms with E-state index in [-0.39, 0.29) is 11.3 Å². The minimum absolute atomic E-state index is 0.140. The van der Waals surface area contributed by atoms with E-state index in [1.165, 1.54) is 18.5 Å². The van der Waals surface area contributed by atoms with Crippen molar-refractivity contribution in [2.24, 2.45) is 5.10 Å². The molecule has 3 aromatic rings. The van der Waals surface area contributed by atoms with Crippen LogP contribution in [0.1, 0.15) is 43.6 Å². The first-order valence-corrected chi connectivity index (χ1v) is 9.25. The quantitative estimate of drug-likeness (QED) is 0.399. The highest BCUT2D eigenvalue weighted by molar-refractivity contribution is 6.14. The van der Waals surface area contributed by atoms with Gasteiger partial charge in [-0.25, -0.2) is 0 Å². The van der Waals surface area contributed by atoms with E-state index in [0.29, 0.717) is 11.1 Å². The zero-order valence-electron chi connectivity index (χ0n) is 16.6. The van der Waals surface area contributed by atoms with Gasteiger partial charge in [-0.1, -0.05) is 29.8 Å². The average molecular weight is 400 g/mol. The largest absolute Gasteiger partial charge is 0.321 e. The molecule has 7 heteroatoms. The number of amides is 3. The van der Waals surface area contributed by atoms with Gasteiger partial charge in [-0.05, 0) is 50.2 Å². The fourth-order valence-electron chi connectivity index (χ4n) is 2.72. The molecule has 0 bridgehead atoms. The summed E-state index contributed by atoms with van der Waals surface area (Å²) in [6, 6.07) is 16.6. The van der Waals surface area contributed by atoms with Crippen LogP contribution in [-0.2, 0) is 0 Å². The molecule has 0 aliphatic heterocycles. The van der Waals surface area contributed by atoms with E-state index in [0.717, 1.165) is 10.6 Å². The highest BCUT2D eigenvalue weighted by Gasteiger charge is 2.26. The number of rotatable bonds is 5. The van der Waals surface area contributed by atoms with Crippen LogP contribution in [-0.4, -0.2) is 33.9 Å². The number of nitrogens with zero attached hydrogens (tertiary/aromatic N) is 3. The van der Waals surface area contributed by atoms with E-state index in [9.17, 15) is 14.4 Å².